The maximum absolute atomic E-state index is 15.2. The Bertz CT molecular complexity index is 1420. The Morgan fingerprint density at radius 3 is 2.46 bits per heavy atom. The summed E-state index contributed by atoms with van der Waals surface area (Å²) >= 11 is 6.11. The summed E-state index contributed by atoms with van der Waals surface area (Å²) in [5.41, 5.74) is -0.976. The molecule has 0 aliphatic carbocycles. The van der Waals surface area contributed by atoms with Crippen molar-refractivity contribution in [2.24, 2.45) is 9.98 Å². The molecule has 224 valence electrons. The van der Waals surface area contributed by atoms with E-state index in [9.17, 15) is 21.6 Å². The number of sulfonamides is 1. The minimum Gasteiger partial charge on any atom is -0.370 e. The molecule has 3 rings (SSSR count). The number of allylic oxidation sites excluding steroid dienone is 1. The van der Waals surface area contributed by atoms with Crippen molar-refractivity contribution in [1.29, 1.82) is 0 Å². The van der Waals surface area contributed by atoms with E-state index < -0.39 is 43.8 Å². The van der Waals surface area contributed by atoms with Crippen LogP contribution in [0.15, 0.2) is 57.1 Å². The van der Waals surface area contributed by atoms with Crippen LogP contribution in [0.2, 0.25) is 5.02 Å². The number of nitrogens with zero attached hydrogens (tertiary/aromatic N) is 4. The van der Waals surface area contributed by atoms with E-state index in [2.05, 4.69) is 16.7 Å². The van der Waals surface area contributed by atoms with Crippen LogP contribution in [0.5, 0.6) is 0 Å². The van der Waals surface area contributed by atoms with E-state index in [1.807, 2.05) is 23.7 Å². The molecule has 1 heterocycles. The first-order valence-electron chi connectivity index (χ1n) is 12.5. The van der Waals surface area contributed by atoms with Crippen molar-refractivity contribution in [3.05, 3.63) is 70.0 Å². The van der Waals surface area contributed by atoms with Gasteiger partial charge in [-0.1, -0.05) is 23.7 Å². The quantitative estimate of drug-likeness (QED) is 0.274. The summed E-state index contributed by atoms with van der Waals surface area (Å²) < 4.78 is 97.9. The number of hydrogen-bond donors (Lipinski definition) is 1. The van der Waals surface area contributed by atoms with Gasteiger partial charge >= 0.3 is 6.18 Å². The molecule has 0 bridgehead atoms. The van der Waals surface area contributed by atoms with Gasteiger partial charge in [-0.15, -0.1) is 0 Å². The standard InChI is InChI=1S/C27H31ClF5N5O2S/c1-34-13-10-23(35-2)36-41(39,40)25-21(29)15-19(16-22(25)30)38-14-6-11-26(17-38,37(3)4)12-9-18-7-5-8-20(24(18)28)27(31,32)33/h5,7-8,10,13,15-16,36H,2,6,9,11-12,14,17H2,1,3-4H3/b23-10+,34-13?/t26-/m0/s1. The number of aliphatic imine (C=N–C) groups is 2. The Morgan fingerprint density at radius 1 is 1.24 bits per heavy atom. The van der Waals surface area contributed by atoms with Crippen LogP contribution in [0, 0.1) is 11.6 Å². The summed E-state index contributed by atoms with van der Waals surface area (Å²) in [7, 11) is 0.423. The van der Waals surface area contributed by atoms with Crippen LogP contribution in [0.3, 0.4) is 0 Å². The van der Waals surface area contributed by atoms with Crippen LogP contribution in [0.1, 0.15) is 30.4 Å². The lowest BCUT2D eigenvalue weighted by Gasteiger charge is -2.48. The van der Waals surface area contributed by atoms with E-state index >= 15 is 8.78 Å². The zero-order valence-electron chi connectivity index (χ0n) is 22.8. The number of likely N-dealkylation sites (N-methyl/N-ethyl adjacent to an activating group) is 1. The van der Waals surface area contributed by atoms with Crippen LogP contribution in [-0.4, -0.2) is 66.0 Å². The average molecular weight is 620 g/mol. The molecule has 1 aliphatic heterocycles. The van der Waals surface area contributed by atoms with E-state index in [1.54, 1.807) is 11.0 Å². The minimum absolute atomic E-state index is 0.137. The molecule has 0 unspecified atom stereocenters. The number of nitrogens with one attached hydrogen (secondary N) is 1. The second-order valence-corrected chi connectivity index (χ2v) is 11.9. The van der Waals surface area contributed by atoms with Gasteiger partial charge in [0.15, 0.2) is 4.90 Å². The Balaban J connectivity index is 1.88. The molecule has 1 aliphatic rings. The molecule has 1 saturated heterocycles. The van der Waals surface area contributed by atoms with Crippen LogP contribution in [0.4, 0.5) is 27.6 Å². The molecule has 14 heteroatoms. The molecule has 1 N–H and O–H groups in total. The largest absolute Gasteiger partial charge is 0.417 e. The highest BCUT2D eigenvalue weighted by molar-refractivity contribution is 7.89. The highest BCUT2D eigenvalue weighted by Gasteiger charge is 2.39. The van der Waals surface area contributed by atoms with Gasteiger partial charge in [-0.2, -0.15) is 13.2 Å². The van der Waals surface area contributed by atoms with Crippen molar-refractivity contribution in [3.8, 4) is 0 Å². The normalized spacial score (nSPS) is 18.8. The first-order valence-corrected chi connectivity index (χ1v) is 14.4. The Kier molecular flexibility index (Phi) is 10.2. The molecule has 1 atom stereocenters. The second-order valence-electron chi connectivity index (χ2n) is 9.88. The number of halogens is 6. The number of benzene rings is 2. The van der Waals surface area contributed by atoms with Gasteiger partial charge in [0.1, 0.15) is 17.5 Å². The zero-order chi connectivity index (χ0) is 30.6. The van der Waals surface area contributed by atoms with Crippen LogP contribution in [-0.2, 0) is 22.6 Å². The molecule has 0 aromatic heterocycles. The van der Waals surface area contributed by atoms with Gasteiger partial charge in [0, 0.05) is 37.6 Å². The van der Waals surface area contributed by atoms with Gasteiger partial charge in [-0.25, -0.2) is 22.2 Å². The minimum atomic E-state index is -4.69. The van der Waals surface area contributed by atoms with E-state index in [4.69, 9.17) is 11.6 Å². The third kappa shape index (κ3) is 7.44. The number of piperidine rings is 1. The van der Waals surface area contributed by atoms with Crippen molar-refractivity contribution in [1.82, 2.24) is 9.62 Å². The number of aryl methyl sites for hydroxylation is 1. The number of alkyl halides is 3. The highest BCUT2D eigenvalue weighted by atomic mass is 35.5. The lowest BCUT2D eigenvalue weighted by atomic mass is 9.82. The van der Waals surface area contributed by atoms with Gasteiger partial charge in [-0.05, 0) is 76.3 Å². The van der Waals surface area contributed by atoms with Crippen molar-refractivity contribution in [3.63, 3.8) is 0 Å². The van der Waals surface area contributed by atoms with E-state index in [0.29, 0.717) is 37.9 Å². The molecular weight excluding hydrogens is 589 g/mol. The van der Waals surface area contributed by atoms with Crippen molar-refractivity contribution < 1.29 is 30.4 Å². The molecule has 1 fully saturated rings. The summed E-state index contributed by atoms with van der Waals surface area (Å²) in [4.78, 5) is 9.67. The van der Waals surface area contributed by atoms with Gasteiger partial charge in [0.05, 0.1) is 10.6 Å². The third-order valence-electron chi connectivity index (χ3n) is 7.16. The fourth-order valence-corrected chi connectivity index (χ4v) is 6.39. The summed E-state index contributed by atoms with van der Waals surface area (Å²) in [6.07, 6.45) is -0.204. The first kappa shape index (κ1) is 32.5. The van der Waals surface area contributed by atoms with E-state index in [1.165, 1.54) is 25.4 Å². The fraction of sp³-hybridized carbons (Fsp3) is 0.407. The lowest BCUT2D eigenvalue weighted by Crippen LogP contribution is -2.56. The molecule has 0 radical (unpaired) electrons. The monoisotopic (exact) mass is 619 g/mol. The maximum Gasteiger partial charge on any atom is 0.417 e. The Hall–Kier alpha value is -3.03. The molecule has 7 nitrogen and oxygen atoms in total. The van der Waals surface area contributed by atoms with Crippen LogP contribution < -0.4 is 9.62 Å². The molecule has 0 spiro atoms. The number of rotatable bonds is 10. The molecule has 2 aromatic carbocycles. The maximum atomic E-state index is 15.2. The van der Waals surface area contributed by atoms with Gasteiger partial charge < -0.3 is 9.80 Å². The van der Waals surface area contributed by atoms with Crippen molar-refractivity contribution >= 4 is 40.2 Å². The average Bonchev–Trinajstić information content (AvgIpc) is 2.89. The fourth-order valence-electron chi connectivity index (χ4n) is 4.92. The third-order valence-corrected chi connectivity index (χ3v) is 9.01. The molecule has 2 aromatic rings. The van der Waals surface area contributed by atoms with Gasteiger partial charge in [-0.3, -0.25) is 9.71 Å². The summed E-state index contributed by atoms with van der Waals surface area (Å²) in [5.74, 6) is -2.86. The number of anilines is 1. The smallest absolute Gasteiger partial charge is 0.370 e. The predicted molar refractivity (Wildman–Crippen MR) is 151 cm³/mol. The van der Waals surface area contributed by atoms with Gasteiger partial charge in [0.25, 0.3) is 10.0 Å². The first-order chi connectivity index (χ1) is 19.1. The SMILES string of the molecule is C=N/C(=C\C=NC)NS(=O)(=O)c1c(F)cc(N2CCC[C@@](CCc3cccc(C(F)(F)F)c3Cl)(N(C)C)C2)cc1F. The van der Waals surface area contributed by atoms with Crippen molar-refractivity contribution in [2.75, 3.05) is 39.1 Å². The molecular formula is C27H31ClF5N5O2S. The second kappa shape index (κ2) is 12.9. The summed E-state index contributed by atoms with van der Waals surface area (Å²) in [6, 6.07) is 5.70. The number of hydrogen-bond acceptors (Lipinski definition) is 6. The lowest BCUT2D eigenvalue weighted by molar-refractivity contribution is -0.137. The Morgan fingerprint density at radius 2 is 1.90 bits per heavy atom. The van der Waals surface area contributed by atoms with Crippen LogP contribution >= 0.6 is 11.6 Å². The van der Waals surface area contributed by atoms with E-state index in [0.717, 1.165) is 18.2 Å². The topological polar surface area (TPSA) is 77.4 Å². The molecule has 0 saturated carbocycles. The zero-order valence-corrected chi connectivity index (χ0v) is 24.3. The summed E-state index contributed by atoms with van der Waals surface area (Å²) in [5, 5.41) is -0.345. The molecule has 41 heavy (non-hydrogen) atoms. The van der Waals surface area contributed by atoms with E-state index in [-0.39, 0.29) is 23.0 Å². The Labute approximate surface area is 241 Å². The van der Waals surface area contributed by atoms with Crippen LogP contribution in [0.25, 0.3) is 0 Å². The molecule has 0 amide bonds. The van der Waals surface area contributed by atoms with Crippen molar-refractivity contribution in [2.45, 2.75) is 42.3 Å². The highest BCUT2D eigenvalue weighted by Crippen LogP contribution is 2.39. The summed E-state index contributed by atoms with van der Waals surface area (Å²) in [6.45, 7) is 3.96. The predicted octanol–water partition coefficient (Wildman–Crippen LogP) is 5.69. The van der Waals surface area contributed by atoms with Gasteiger partial charge in [0.2, 0.25) is 0 Å².